The Morgan fingerprint density at radius 3 is 2.48 bits per heavy atom. The Morgan fingerprint density at radius 2 is 1.81 bits per heavy atom. The Hall–Kier alpha value is -3.46. The summed E-state index contributed by atoms with van der Waals surface area (Å²) in [6, 6.07) is 13.1. The van der Waals surface area contributed by atoms with E-state index in [9.17, 15) is 18.8 Å². The summed E-state index contributed by atoms with van der Waals surface area (Å²) in [5.41, 5.74) is 0.787. The van der Waals surface area contributed by atoms with Gasteiger partial charge in [0.15, 0.2) is 10.9 Å². The molecule has 1 atom stereocenters. The minimum atomic E-state index is -1.12. The van der Waals surface area contributed by atoms with E-state index in [1.807, 2.05) is 24.3 Å². The average Bonchev–Trinajstić information content (AvgIpc) is 3.11. The number of nitrogens with one attached hydrogen (secondary N) is 1. The number of Topliss-reactive ketones (excluding diaryl/α,β-unsaturated/α-hetero) is 1. The smallest absolute Gasteiger partial charge is 0.283 e. The van der Waals surface area contributed by atoms with Crippen LogP contribution in [0.25, 0.3) is 27.6 Å². The lowest BCUT2D eigenvalue weighted by atomic mass is 10.2. The third-order valence-corrected chi connectivity index (χ3v) is 6.10. The summed E-state index contributed by atoms with van der Waals surface area (Å²) in [4.78, 5) is 47.3. The zero-order valence-electron chi connectivity index (χ0n) is 17.0. The number of hydrogen-bond donors (Lipinski definition) is 1. The van der Waals surface area contributed by atoms with Crippen molar-refractivity contribution in [2.24, 2.45) is 0 Å². The maximum absolute atomic E-state index is 14.7. The van der Waals surface area contributed by atoms with Gasteiger partial charge < -0.3 is 9.88 Å². The highest BCUT2D eigenvalue weighted by atomic mass is 32.2. The summed E-state index contributed by atoms with van der Waals surface area (Å²) in [5, 5.41) is -0.347. The van der Waals surface area contributed by atoms with Crippen LogP contribution >= 0.6 is 11.8 Å². The van der Waals surface area contributed by atoms with Crippen LogP contribution < -0.4 is 5.56 Å². The third kappa shape index (κ3) is 3.61. The van der Waals surface area contributed by atoms with Crippen molar-refractivity contribution in [1.29, 1.82) is 0 Å². The molecule has 31 heavy (non-hydrogen) atoms. The molecular formula is C22H19FN4O3S. The van der Waals surface area contributed by atoms with Gasteiger partial charge in [-0.2, -0.15) is 0 Å². The second kappa shape index (κ2) is 7.99. The summed E-state index contributed by atoms with van der Waals surface area (Å²) < 4.78 is 15.8. The topological polar surface area (TPSA) is 88.1 Å². The van der Waals surface area contributed by atoms with E-state index in [4.69, 9.17) is 0 Å². The molecule has 2 aromatic carbocycles. The lowest BCUT2D eigenvalue weighted by Crippen LogP contribution is -2.36. The second-order valence-corrected chi connectivity index (χ2v) is 8.29. The molecular weight excluding hydrogens is 419 g/mol. The van der Waals surface area contributed by atoms with Crippen molar-refractivity contribution in [3.63, 3.8) is 0 Å². The highest BCUT2D eigenvalue weighted by Gasteiger charge is 2.30. The number of carbonyl (C=O) groups is 2. The second-order valence-electron chi connectivity index (χ2n) is 7.22. The van der Waals surface area contributed by atoms with E-state index < -0.39 is 28.3 Å². The minimum absolute atomic E-state index is 0.0114. The predicted molar refractivity (Wildman–Crippen MR) is 118 cm³/mol. The van der Waals surface area contributed by atoms with Gasteiger partial charge in [0.1, 0.15) is 22.1 Å². The number of carbonyl (C=O) groups excluding carboxylic acids is 2. The quantitative estimate of drug-likeness (QED) is 0.294. The van der Waals surface area contributed by atoms with Crippen molar-refractivity contribution >= 4 is 45.4 Å². The van der Waals surface area contributed by atoms with Gasteiger partial charge >= 0.3 is 0 Å². The standard InChI is InChI=1S/C22H19FN4O3S/c1-12(28)19(21(30)26(2)3)31-22-25-17-13-8-4-6-10-15(13)24-18(17)20(29)27(22)16-11-7-5-9-14(16)23/h4-11,19,24H,1-3H3. The predicted octanol–water partition coefficient (Wildman–Crippen LogP) is 3.14. The molecule has 1 unspecified atom stereocenters. The summed E-state index contributed by atoms with van der Waals surface area (Å²) >= 11 is 0.835. The number of thioether (sulfide) groups is 1. The van der Waals surface area contributed by atoms with Crippen LogP contribution in [0.1, 0.15) is 6.92 Å². The maximum atomic E-state index is 14.7. The monoisotopic (exact) mass is 438 g/mol. The van der Waals surface area contributed by atoms with Gasteiger partial charge in [-0.3, -0.25) is 19.0 Å². The van der Waals surface area contributed by atoms with Crippen molar-refractivity contribution in [1.82, 2.24) is 19.4 Å². The van der Waals surface area contributed by atoms with E-state index in [0.29, 0.717) is 11.0 Å². The first kappa shape index (κ1) is 20.8. The number of nitrogens with zero attached hydrogens (tertiary/aromatic N) is 3. The first-order valence-electron chi connectivity index (χ1n) is 9.46. The van der Waals surface area contributed by atoms with Crippen molar-refractivity contribution in [2.75, 3.05) is 14.1 Å². The van der Waals surface area contributed by atoms with Gasteiger partial charge in [-0.25, -0.2) is 9.37 Å². The van der Waals surface area contributed by atoms with Crippen molar-refractivity contribution < 1.29 is 14.0 Å². The molecule has 0 fully saturated rings. The number of fused-ring (bicyclic) bond motifs is 3. The highest BCUT2D eigenvalue weighted by molar-refractivity contribution is 8.01. The molecule has 0 aliphatic carbocycles. The molecule has 7 nitrogen and oxygen atoms in total. The van der Waals surface area contributed by atoms with E-state index in [1.165, 1.54) is 30.0 Å². The molecule has 0 saturated carbocycles. The SMILES string of the molecule is CC(=O)C(Sc1nc2c([nH]c3ccccc32)c(=O)n1-c1ccccc1F)C(=O)N(C)C. The van der Waals surface area contributed by atoms with Crippen LogP contribution in [0.4, 0.5) is 4.39 Å². The zero-order valence-corrected chi connectivity index (χ0v) is 17.9. The maximum Gasteiger partial charge on any atom is 0.283 e. The van der Waals surface area contributed by atoms with E-state index in [1.54, 1.807) is 20.2 Å². The normalized spacial score (nSPS) is 12.3. The first-order chi connectivity index (χ1) is 14.8. The van der Waals surface area contributed by atoms with Crippen molar-refractivity contribution in [2.45, 2.75) is 17.3 Å². The van der Waals surface area contributed by atoms with Crippen LogP contribution in [-0.4, -0.2) is 50.5 Å². The lowest BCUT2D eigenvalue weighted by Gasteiger charge is -2.19. The number of benzene rings is 2. The minimum Gasteiger partial charge on any atom is -0.349 e. The zero-order chi connectivity index (χ0) is 22.3. The summed E-state index contributed by atoms with van der Waals surface area (Å²) in [6.07, 6.45) is 0. The molecule has 0 spiro atoms. The number of aromatic nitrogens is 3. The molecule has 4 aromatic rings. The molecule has 0 radical (unpaired) electrons. The van der Waals surface area contributed by atoms with Gasteiger partial charge in [-0.05, 0) is 25.1 Å². The Kier molecular flexibility index (Phi) is 5.36. The highest BCUT2D eigenvalue weighted by Crippen LogP contribution is 2.30. The average molecular weight is 438 g/mol. The van der Waals surface area contributed by atoms with E-state index in [2.05, 4.69) is 9.97 Å². The van der Waals surface area contributed by atoms with Gasteiger partial charge in [0, 0.05) is 25.0 Å². The van der Waals surface area contributed by atoms with Crippen LogP contribution in [0.15, 0.2) is 58.5 Å². The van der Waals surface area contributed by atoms with Crippen LogP contribution in [0, 0.1) is 5.82 Å². The molecule has 0 bridgehead atoms. The van der Waals surface area contributed by atoms with Crippen LogP contribution in [0.5, 0.6) is 0 Å². The molecule has 0 aliphatic heterocycles. The van der Waals surface area contributed by atoms with Crippen molar-refractivity contribution in [3.8, 4) is 5.69 Å². The summed E-state index contributed by atoms with van der Waals surface area (Å²) in [7, 11) is 3.08. The van der Waals surface area contributed by atoms with Gasteiger partial charge in [-0.1, -0.05) is 42.1 Å². The number of rotatable bonds is 5. The summed E-state index contributed by atoms with van der Waals surface area (Å²) in [6.45, 7) is 1.30. The first-order valence-corrected chi connectivity index (χ1v) is 10.3. The number of hydrogen-bond acceptors (Lipinski definition) is 5. The molecule has 158 valence electrons. The Balaban J connectivity index is 2.04. The van der Waals surface area contributed by atoms with Crippen molar-refractivity contribution in [3.05, 3.63) is 64.7 Å². The molecule has 2 heterocycles. The molecule has 1 N–H and O–H groups in total. The Morgan fingerprint density at radius 1 is 1.13 bits per heavy atom. The number of para-hydroxylation sites is 2. The van der Waals surface area contributed by atoms with E-state index >= 15 is 0 Å². The molecule has 0 aliphatic rings. The molecule has 9 heteroatoms. The van der Waals surface area contributed by atoms with Gasteiger partial charge in [0.2, 0.25) is 5.91 Å². The number of amides is 1. The largest absolute Gasteiger partial charge is 0.349 e. The van der Waals surface area contributed by atoms with Gasteiger partial charge in [0.05, 0.1) is 5.69 Å². The molecule has 0 saturated heterocycles. The number of halogens is 1. The van der Waals surface area contributed by atoms with Crippen LogP contribution in [-0.2, 0) is 9.59 Å². The molecule has 4 rings (SSSR count). The fourth-order valence-corrected chi connectivity index (χ4v) is 4.43. The Labute approximate surface area is 180 Å². The fraction of sp³-hybridized carbons (Fsp3) is 0.182. The van der Waals surface area contributed by atoms with E-state index in [-0.39, 0.29) is 16.4 Å². The molecule has 1 amide bonds. The summed E-state index contributed by atoms with van der Waals surface area (Å²) in [5.74, 6) is -1.45. The lowest BCUT2D eigenvalue weighted by molar-refractivity contribution is -0.132. The van der Waals surface area contributed by atoms with E-state index in [0.717, 1.165) is 21.7 Å². The fourth-order valence-electron chi connectivity index (χ4n) is 3.31. The van der Waals surface area contributed by atoms with Crippen LogP contribution in [0.2, 0.25) is 0 Å². The third-order valence-electron chi connectivity index (χ3n) is 4.85. The van der Waals surface area contributed by atoms with Crippen LogP contribution in [0.3, 0.4) is 0 Å². The number of H-pyrrole nitrogens is 1. The van der Waals surface area contributed by atoms with Gasteiger partial charge in [-0.15, -0.1) is 0 Å². The Bertz CT molecular complexity index is 1390. The molecule has 2 aromatic heterocycles. The number of ketones is 1. The number of aromatic amines is 1. The van der Waals surface area contributed by atoms with Gasteiger partial charge in [0.25, 0.3) is 5.56 Å².